The number of halogens is 2. The van der Waals surface area contributed by atoms with Crippen LogP contribution in [0, 0.1) is 15.9 Å². The zero-order chi connectivity index (χ0) is 11.4. The van der Waals surface area contributed by atoms with E-state index in [2.05, 4.69) is 0 Å². The SMILES string of the molecule is Cl.N[C@@H](CCO)c1cc(F)ccc1[N+](=O)[O-]. The highest BCUT2D eigenvalue weighted by Crippen LogP contribution is 2.26. The highest BCUT2D eigenvalue weighted by atomic mass is 35.5. The smallest absolute Gasteiger partial charge is 0.274 e. The van der Waals surface area contributed by atoms with Crippen LogP contribution in [0.5, 0.6) is 0 Å². The van der Waals surface area contributed by atoms with E-state index in [4.69, 9.17) is 10.8 Å². The number of aliphatic hydroxyl groups is 1. The Morgan fingerprint density at radius 2 is 2.19 bits per heavy atom. The van der Waals surface area contributed by atoms with Crippen LogP contribution in [-0.2, 0) is 0 Å². The quantitative estimate of drug-likeness (QED) is 0.627. The van der Waals surface area contributed by atoms with Gasteiger partial charge in [0.15, 0.2) is 0 Å². The van der Waals surface area contributed by atoms with E-state index in [1.807, 2.05) is 0 Å². The van der Waals surface area contributed by atoms with Gasteiger partial charge in [-0.15, -0.1) is 12.4 Å². The molecule has 0 aliphatic carbocycles. The van der Waals surface area contributed by atoms with E-state index < -0.39 is 16.8 Å². The molecule has 0 aliphatic rings. The van der Waals surface area contributed by atoms with Gasteiger partial charge in [-0.3, -0.25) is 10.1 Å². The van der Waals surface area contributed by atoms with E-state index in [9.17, 15) is 14.5 Å². The predicted molar refractivity (Wildman–Crippen MR) is 58.9 cm³/mol. The molecule has 0 saturated heterocycles. The molecule has 0 spiro atoms. The Balaban J connectivity index is 0.00000225. The molecule has 0 aromatic heterocycles. The van der Waals surface area contributed by atoms with Gasteiger partial charge in [0, 0.05) is 24.3 Å². The summed E-state index contributed by atoms with van der Waals surface area (Å²) in [6, 6.07) is 2.37. The van der Waals surface area contributed by atoms with Crippen molar-refractivity contribution in [1.82, 2.24) is 0 Å². The highest BCUT2D eigenvalue weighted by molar-refractivity contribution is 5.85. The van der Waals surface area contributed by atoms with Gasteiger partial charge in [0.05, 0.1) is 4.92 Å². The Morgan fingerprint density at radius 3 is 2.69 bits per heavy atom. The Hall–Kier alpha value is -1.24. The minimum absolute atomic E-state index is 0. The Bertz CT molecular complexity index is 376. The van der Waals surface area contributed by atoms with Crippen LogP contribution in [0.1, 0.15) is 18.0 Å². The number of hydrogen-bond acceptors (Lipinski definition) is 4. The largest absolute Gasteiger partial charge is 0.396 e. The maximum absolute atomic E-state index is 12.9. The van der Waals surface area contributed by atoms with Gasteiger partial charge in [0.1, 0.15) is 5.82 Å². The molecule has 0 aliphatic heterocycles. The monoisotopic (exact) mass is 250 g/mol. The average molecular weight is 251 g/mol. The lowest BCUT2D eigenvalue weighted by Gasteiger charge is -2.10. The molecule has 3 N–H and O–H groups in total. The van der Waals surface area contributed by atoms with Gasteiger partial charge >= 0.3 is 0 Å². The molecule has 5 nitrogen and oxygen atoms in total. The zero-order valence-corrected chi connectivity index (χ0v) is 9.11. The first-order chi connectivity index (χ1) is 7.06. The van der Waals surface area contributed by atoms with Crippen molar-refractivity contribution < 1.29 is 14.4 Å². The number of nitrogens with zero attached hydrogens (tertiary/aromatic N) is 1. The molecule has 0 radical (unpaired) electrons. The summed E-state index contributed by atoms with van der Waals surface area (Å²) in [7, 11) is 0. The second-order valence-electron chi connectivity index (χ2n) is 3.08. The fourth-order valence-corrected chi connectivity index (χ4v) is 1.28. The fraction of sp³-hybridized carbons (Fsp3) is 0.333. The molecule has 90 valence electrons. The molecule has 0 unspecified atom stereocenters. The van der Waals surface area contributed by atoms with Crippen molar-refractivity contribution in [3.8, 4) is 0 Å². The summed E-state index contributed by atoms with van der Waals surface area (Å²) in [5.74, 6) is -0.580. The maximum atomic E-state index is 12.9. The number of benzene rings is 1. The number of hydrogen-bond donors (Lipinski definition) is 2. The molecule has 7 heteroatoms. The molecule has 1 atom stereocenters. The van der Waals surface area contributed by atoms with Gasteiger partial charge in [-0.25, -0.2) is 4.39 Å². The molecule has 16 heavy (non-hydrogen) atoms. The van der Waals surface area contributed by atoms with Gasteiger partial charge in [-0.05, 0) is 18.6 Å². The number of nitro groups is 1. The first kappa shape index (κ1) is 14.8. The van der Waals surface area contributed by atoms with E-state index in [1.54, 1.807) is 0 Å². The molecule has 0 bridgehead atoms. The van der Waals surface area contributed by atoms with E-state index in [-0.39, 0.29) is 36.7 Å². The summed E-state index contributed by atoms with van der Waals surface area (Å²) < 4.78 is 12.9. The molecule has 0 heterocycles. The van der Waals surface area contributed by atoms with Crippen LogP contribution < -0.4 is 5.73 Å². The van der Waals surface area contributed by atoms with Gasteiger partial charge < -0.3 is 10.8 Å². The number of rotatable bonds is 4. The Morgan fingerprint density at radius 1 is 1.56 bits per heavy atom. The van der Waals surface area contributed by atoms with Crippen molar-refractivity contribution in [2.45, 2.75) is 12.5 Å². The van der Waals surface area contributed by atoms with E-state index >= 15 is 0 Å². The van der Waals surface area contributed by atoms with Gasteiger partial charge in [0.2, 0.25) is 0 Å². The Kier molecular flexibility index (Phi) is 5.87. The molecule has 1 aromatic rings. The minimum Gasteiger partial charge on any atom is -0.396 e. The first-order valence-electron chi connectivity index (χ1n) is 4.36. The lowest BCUT2D eigenvalue weighted by atomic mass is 10.0. The van der Waals surface area contributed by atoms with Crippen LogP contribution in [0.15, 0.2) is 18.2 Å². The van der Waals surface area contributed by atoms with Crippen molar-refractivity contribution in [2.75, 3.05) is 6.61 Å². The van der Waals surface area contributed by atoms with Crippen LogP contribution >= 0.6 is 12.4 Å². The van der Waals surface area contributed by atoms with Crippen molar-refractivity contribution in [1.29, 1.82) is 0 Å². The summed E-state index contributed by atoms with van der Waals surface area (Å²) in [5, 5.41) is 19.3. The predicted octanol–water partition coefficient (Wildman–Crippen LogP) is 1.54. The third-order valence-corrected chi connectivity index (χ3v) is 2.03. The molecule has 0 amide bonds. The zero-order valence-electron chi connectivity index (χ0n) is 8.30. The highest BCUT2D eigenvalue weighted by Gasteiger charge is 2.19. The minimum atomic E-state index is -0.730. The van der Waals surface area contributed by atoms with Crippen LogP contribution in [0.3, 0.4) is 0 Å². The van der Waals surface area contributed by atoms with Crippen LogP contribution in [0.4, 0.5) is 10.1 Å². The van der Waals surface area contributed by atoms with Crippen LogP contribution in [0.25, 0.3) is 0 Å². The summed E-state index contributed by atoms with van der Waals surface area (Å²) >= 11 is 0. The van der Waals surface area contributed by atoms with Gasteiger partial charge in [-0.1, -0.05) is 0 Å². The van der Waals surface area contributed by atoms with Crippen LogP contribution in [-0.4, -0.2) is 16.6 Å². The average Bonchev–Trinajstić information content (AvgIpc) is 2.17. The van der Waals surface area contributed by atoms with Crippen LogP contribution in [0.2, 0.25) is 0 Å². The summed E-state index contributed by atoms with van der Waals surface area (Å²) in [4.78, 5) is 9.99. The Labute approximate surface area is 97.6 Å². The lowest BCUT2D eigenvalue weighted by molar-refractivity contribution is -0.385. The molecule has 0 fully saturated rings. The van der Waals surface area contributed by atoms with Crippen molar-refractivity contribution >= 4 is 18.1 Å². The molecule has 1 rings (SSSR count). The lowest BCUT2D eigenvalue weighted by Crippen LogP contribution is -2.14. The summed E-state index contributed by atoms with van der Waals surface area (Å²) in [6.45, 7) is -0.200. The van der Waals surface area contributed by atoms with Crippen molar-refractivity contribution in [3.63, 3.8) is 0 Å². The first-order valence-corrected chi connectivity index (χ1v) is 4.36. The normalized spacial score (nSPS) is 11.7. The maximum Gasteiger partial charge on any atom is 0.274 e. The molecule has 0 saturated carbocycles. The van der Waals surface area contributed by atoms with Gasteiger partial charge in [-0.2, -0.15) is 0 Å². The molecular weight excluding hydrogens is 239 g/mol. The summed E-state index contributed by atoms with van der Waals surface area (Å²) in [6.07, 6.45) is 0.157. The topological polar surface area (TPSA) is 89.4 Å². The molecular formula is C9H12ClFN2O3. The van der Waals surface area contributed by atoms with E-state index in [1.165, 1.54) is 0 Å². The molecule has 1 aromatic carbocycles. The fourth-order valence-electron chi connectivity index (χ4n) is 1.28. The number of nitrogens with two attached hydrogens (primary N) is 1. The standard InChI is InChI=1S/C9H11FN2O3.ClH/c10-6-1-2-9(12(14)15)7(5-6)8(11)3-4-13;/h1-2,5,8,13H,3-4,11H2;1H/t8-;/m0./s1. The second-order valence-corrected chi connectivity index (χ2v) is 3.08. The van der Waals surface area contributed by atoms with E-state index in [0.29, 0.717) is 0 Å². The number of aliphatic hydroxyl groups excluding tert-OH is 1. The number of nitro benzene ring substituents is 1. The van der Waals surface area contributed by atoms with Crippen molar-refractivity contribution in [3.05, 3.63) is 39.7 Å². The second kappa shape index (κ2) is 6.37. The van der Waals surface area contributed by atoms with E-state index in [0.717, 1.165) is 18.2 Å². The third-order valence-electron chi connectivity index (χ3n) is 2.03. The summed E-state index contributed by atoms with van der Waals surface area (Å²) in [5.41, 5.74) is 5.46. The van der Waals surface area contributed by atoms with Gasteiger partial charge in [0.25, 0.3) is 5.69 Å². The van der Waals surface area contributed by atoms with Crippen molar-refractivity contribution in [2.24, 2.45) is 5.73 Å². The third kappa shape index (κ3) is 3.41.